The van der Waals surface area contributed by atoms with E-state index in [4.69, 9.17) is 10.5 Å². The molecule has 2 aromatic rings. The number of imidazole rings is 1. The number of aliphatic hydroxyl groups excluding tert-OH is 3. The Morgan fingerprint density at radius 1 is 1.24 bits per heavy atom. The van der Waals surface area contributed by atoms with Crippen LogP contribution in [0.25, 0.3) is 11.2 Å². The summed E-state index contributed by atoms with van der Waals surface area (Å²) in [6.45, 7) is 2.37. The SMILES string of the molecule is CCNC(=O)[C@H]1O[C@@H](n2cnc3c(N)nc(C#CCC4CCC(CO)CC4)nc32)[C@@H](O)C1O. The van der Waals surface area contributed by atoms with Gasteiger partial charge in [-0.3, -0.25) is 9.36 Å². The quantitative estimate of drug-likeness (QED) is 0.378. The number of carbonyl (C=O) groups excluding carboxylic acids is 1. The number of aliphatic hydroxyl groups is 3. The number of likely N-dealkylation sites (N-methyl/N-ethyl adjacent to an activating group) is 1. The molecule has 33 heavy (non-hydrogen) atoms. The number of fused-ring (bicyclic) bond motifs is 1. The van der Waals surface area contributed by atoms with Gasteiger partial charge in [-0.05, 0) is 50.4 Å². The molecule has 11 nitrogen and oxygen atoms in total. The lowest BCUT2D eigenvalue weighted by molar-refractivity contribution is -0.137. The number of nitrogen functional groups attached to an aromatic ring is 1. The van der Waals surface area contributed by atoms with Gasteiger partial charge in [-0.15, -0.1) is 0 Å². The molecule has 0 bridgehead atoms. The predicted octanol–water partition coefficient (Wildman–Crippen LogP) is -0.296. The molecule has 1 aliphatic carbocycles. The second kappa shape index (κ2) is 10.0. The van der Waals surface area contributed by atoms with Crippen molar-refractivity contribution < 1.29 is 24.9 Å². The highest BCUT2D eigenvalue weighted by molar-refractivity contribution is 5.83. The second-order valence-electron chi connectivity index (χ2n) is 8.65. The number of aromatic nitrogens is 4. The molecule has 2 aliphatic rings. The Morgan fingerprint density at radius 2 is 1.97 bits per heavy atom. The molecule has 1 saturated carbocycles. The molecule has 0 spiro atoms. The Bertz CT molecular complexity index is 1050. The van der Waals surface area contributed by atoms with E-state index in [1.807, 2.05) is 0 Å². The van der Waals surface area contributed by atoms with E-state index >= 15 is 0 Å². The summed E-state index contributed by atoms with van der Waals surface area (Å²) in [7, 11) is 0. The fourth-order valence-corrected chi connectivity index (χ4v) is 4.45. The Balaban J connectivity index is 1.53. The average Bonchev–Trinajstić information content (AvgIpc) is 3.36. The Labute approximate surface area is 191 Å². The summed E-state index contributed by atoms with van der Waals surface area (Å²) in [5, 5.41) is 32.7. The van der Waals surface area contributed by atoms with Gasteiger partial charge < -0.3 is 31.1 Å². The van der Waals surface area contributed by atoms with E-state index in [9.17, 15) is 20.1 Å². The molecular weight excluding hydrogens is 428 g/mol. The van der Waals surface area contributed by atoms with E-state index in [0.29, 0.717) is 36.0 Å². The van der Waals surface area contributed by atoms with Crippen LogP contribution in [0.4, 0.5) is 5.82 Å². The van der Waals surface area contributed by atoms with Crippen LogP contribution in [0.15, 0.2) is 6.33 Å². The van der Waals surface area contributed by atoms with Gasteiger partial charge in [0.05, 0.1) is 6.33 Å². The lowest BCUT2D eigenvalue weighted by Crippen LogP contribution is -2.42. The number of nitrogens with zero attached hydrogens (tertiary/aromatic N) is 4. The summed E-state index contributed by atoms with van der Waals surface area (Å²) in [5.74, 6) is 6.84. The van der Waals surface area contributed by atoms with Gasteiger partial charge in [0, 0.05) is 19.6 Å². The van der Waals surface area contributed by atoms with Gasteiger partial charge in [-0.1, -0.05) is 5.92 Å². The molecule has 6 N–H and O–H groups in total. The summed E-state index contributed by atoms with van der Waals surface area (Å²) < 4.78 is 7.10. The Kier molecular flexibility index (Phi) is 7.09. The maximum atomic E-state index is 12.2. The lowest BCUT2D eigenvalue weighted by atomic mass is 9.81. The summed E-state index contributed by atoms with van der Waals surface area (Å²) in [6, 6.07) is 0. The number of amides is 1. The smallest absolute Gasteiger partial charge is 0.252 e. The topological polar surface area (TPSA) is 169 Å². The van der Waals surface area contributed by atoms with E-state index in [1.165, 1.54) is 10.9 Å². The third-order valence-electron chi connectivity index (χ3n) is 6.39. The standard InChI is InChI=1S/C22H30N6O5/c1-2-24-21(32)18-16(30)17(31)22(33-18)28-11-25-15-19(23)26-14(27-20(15)28)5-3-4-12-6-8-13(10-29)9-7-12/h11-13,16-18,22,29-31H,2,4,6-10H2,1H3,(H,24,32)(H2,23,26,27)/t12?,13?,16?,17-,18-,22+/m0/s1. The highest BCUT2D eigenvalue weighted by Crippen LogP contribution is 2.32. The number of nitrogens with two attached hydrogens (primary N) is 1. The number of hydrogen-bond acceptors (Lipinski definition) is 9. The number of anilines is 1. The van der Waals surface area contributed by atoms with Crippen molar-refractivity contribution in [1.29, 1.82) is 0 Å². The molecule has 178 valence electrons. The van der Waals surface area contributed by atoms with E-state index in [1.54, 1.807) is 6.92 Å². The zero-order valence-corrected chi connectivity index (χ0v) is 18.5. The van der Waals surface area contributed by atoms with Gasteiger partial charge >= 0.3 is 0 Å². The maximum absolute atomic E-state index is 12.2. The first-order chi connectivity index (χ1) is 15.9. The van der Waals surface area contributed by atoms with Crippen LogP contribution in [0.3, 0.4) is 0 Å². The zero-order chi connectivity index (χ0) is 23.5. The third kappa shape index (κ3) is 4.79. The highest BCUT2D eigenvalue weighted by atomic mass is 16.6. The van der Waals surface area contributed by atoms with Crippen molar-refractivity contribution >= 4 is 22.9 Å². The van der Waals surface area contributed by atoms with Crippen molar-refractivity contribution in [3.8, 4) is 11.8 Å². The molecule has 2 fully saturated rings. The molecule has 1 unspecified atom stereocenters. The largest absolute Gasteiger partial charge is 0.396 e. The van der Waals surface area contributed by atoms with Crippen molar-refractivity contribution in [2.24, 2.45) is 11.8 Å². The van der Waals surface area contributed by atoms with Crippen LogP contribution >= 0.6 is 0 Å². The molecule has 1 amide bonds. The van der Waals surface area contributed by atoms with Crippen molar-refractivity contribution in [3.05, 3.63) is 12.2 Å². The Hall–Kier alpha value is -2.78. The molecule has 0 aromatic carbocycles. The van der Waals surface area contributed by atoms with Crippen LogP contribution in [0.2, 0.25) is 0 Å². The number of rotatable bonds is 5. The van der Waals surface area contributed by atoms with E-state index in [2.05, 4.69) is 32.1 Å². The fourth-order valence-electron chi connectivity index (χ4n) is 4.45. The van der Waals surface area contributed by atoms with E-state index in [-0.39, 0.29) is 18.2 Å². The molecule has 0 radical (unpaired) electrons. The molecule has 1 aliphatic heterocycles. The van der Waals surface area contributed by atoms with Gasteiger partial charge in [0.2, 0.25) is 5.82 Å². The Morgan fingerprint density at radius 3 is 2.67 bits per heavy atom. The number of ether oxygens (including phenoxy) is 1. The van der Waals surface area contributed by atoms with E-state index in [0.717, 1.165) is 25.7 Å². The van der Waals surface area contributed by atoms with Crippen LogP contribution in [-0.4, -0.2) is 72.2 Å². The lowest BCUT2D eigenvalue weighted by Gasteiger charge is -2.25. The second-order valence-corrected chi connectivity index (χ2v) is 8.65. The minimum atomic E-state index is -1.40. The summed E-state index contributed by atoms with van der Waals surface area (Å²) in [5.41, 5.74) is 6.66. The summed E-state index contributed by atoms with van der Waals surface area (Å²) >= 11 is 0. The number of nitrogens with one attached hydrogen (secondary N) is 1. The zero-order valence-electron chi connectivity index (χ0n) is 18.5. The average molecular weight is 459 g/mol. The van der Waals surface area contributed by atoms with Gasteiger partial charge in [0.25, 0.3) is 5.91 Å². The van der Waals surface area contributed by atoms with Crippen LogP contribution in [0.1, 0.15) is 51.1 Å². The van der Waals surface area contributed by atoms with Crippen LogP contribution in [0, 0.1) is 23.7 Å². The predicted molar refractivity (Wildman–Crippen MR) is 118 cm³/mol. The molecule has 1 saturated heterocycles. The first kappa shape index (κ1) is 23.4. The number of carbonyl (C=O) groups is 1. The van der Waals surface area contributed by atoms with Gasteiger partial charge in [-0.2, -0.15) is 0 Å². The first-order valence-electron chi connectivity index (χ1n) is 11.3. The monoisotopic (exact) mass is 458 g/mol. The normalized spacial score (nSPS) is 29.6. The highest BCUT2D eigenvalue weighted by Gasteiger charge is 2.47. The molecule has 2 aromatic heterocycles. The molecule has 3 heterocycles. The summed E-state index contributed by atoms with van der Waals surface area (Å²) in [4.78, 5) is 25.0. The van der Waals surface area contributed by atoms with Gasteiger partial charge in [0.1, 0.15) is 17.7 Å². The van der Waals surface area contributed by atoms with Gasteiger partial charge in [-0.25, -0.2) is 15.0 Å². The molecule has 4 rings (SSSR count). The summed E-state index contributed by atoms with van der Waals surface area (Å²) in [6.07, 6.45) is 1.15. The molecular formula is C22H30N6O5. The van der Waals surface area contributed by atoms with Crippen molar-refractivity contribution in [1.82, 2.24) is 24.8 Å². The minimum absolute atomic E-state index is 0.139. The molecule has 11 heteroatoms. The van der Waals surface area contributed by atoms with Crippen LogP contribution < -0.4 is 11.1 Å². The van der Waals surface area contributed by atoms with Gasteiger partial charge in [0.15, 0.2) is 23.8 Å². The molecule has 4 atom stereocenters. The van der Waals surface area contributed by atoms with Crippen molar-refractivity contribution in [2.75, 3.05) is 18.9 Å². The fraction of sp³-hybridized carbons (Fsp3) is 0.636. The van der Waals surface area contributed by atoms with Crippen molar-refractivity contribution in [2.45, 2.75) is 63.6 Å². The third-order valence-corrected chi connectivity index (χ3v) is 6.39. The maximum Gasteiger partial charge on any atom is 0.252 e. The van der Waals surface area contributed by atoms with E-state index < -0.39 is 30.4 Å². The van der Waals surface area contributed by atoms with Crippen LogP contribution in [-0.2, 0) is 9.53 Å². The first-order valence-corrected chi connectivity index (χ1v) is 11.3. The minimum Gasteiger partial charge on any atom is -0.396 e. The number of hydrogen-bond donors (Lipinski definition) is 5. The van der Waals surface area contributed by atoms with Crippen LogP contribution in [0.5, 0.6) is 0 Å². The van der Waals surface area contributed by atoms with Crippen molar-refractivity contribution in [3.63, 3.8) is 0 Å².